The normalized spacial score (nSPS) is 23.7. The molecule has 1 fully saturated rings. The molecule has 1 atom stereocenters. The van der Waals surface area contributed by atoms with Crippen molar-refractivity contribution < 1.29 is 15.0 Å². The van der Waals surface area contributed by atoms with E-state index >= 15 is 0 Å². The van der Waals surface area contributed by atoms with Gasteiger partial charge in [-0.15, -0.1) is 0 Å². The van der Waals surface area contributed by atoms with Crippen LogP contribution in [0.5, 0.6) is 0 Å². The maximum atomic E-state index is 11.2. The number of amides is 1. The van der Waals surface area contributed by atoms with Crippen LogP contribution in [-0.2, 0) is 9.90 Å². The molecule has 0 bridgehead atoms. The summed E-state index contributed by atoms with van der Waals surface area (Å²) < 4.78 is 0. The van der Waals surface area contributed by atoms with Gasteiger partial charge in [-0.2, -0.15) is 0 Å². The fourth-order valence-electron chi connectivity index (χ4n) is 1.53. The number of likely N-dealkylation sites (tertiary alicyclic amines) is 1. The Bertz CT molecular complexity index is 160. The highest BCUT2D eigenvalue weighted by molar-refractivity contribution is 5.78. The maximum Gasteiger partial charge on any atom is 0.222 e. The molecule has 1 radical (unpaired) electrons. The highest BCUT2D eigenvalue weighted by Crippen LogP contribution is 2.17. The summed E-state index contributed by atoms with van der Waals surface area (Å²) in [5.74, 6) is 0.0718. The molecule has 1 unspecified atom stereocenters. The molecule has 12 heavy (non-hydrogen) atoms. The summed E-state index contributed by atoms with van der Waals surface area (Å²) in [5.41, 5.74) is 0. The average molecular weight is 172 g/mol. The lowest BCUT2D eigenvalue weighted by molar-refractivity contribution is -0.129. The summed E-state index contributed by atoms with van der Waals surface area (Å²) in [4.78, 5) is 12.8. The minimum Gasteiger partial charge on any atom is -0.394 e. The van der Waals surface area contributed by atoms with Crippen LogP contribution >= 0.6 is 0 Å². The van der Waals surface area contributed by atoms with E-state index in [1.165, 1.54) is 0 Å². The second kappa shape index (κ2) is 4.42. The average Bonchev–Trinajstić information content (AvgIpc) is 2.43. The van der Waals surface area contributed by atoms with E-state index < -0.39 is 0 Å². The van der Waals surface area contributed by atoms with Crippen LogP contribution in [0, 0.1) is 0 Å². The summed E-state index contributed by atoms with van der Waals surface area (Å²) in [6, 6.07) is -0.0379. The van der Waals surface area contributed by atoms with E-state index in [1.54, 1.807) is 4.90 Å². The predicted molar refractivity (Wildman–Crippen MR) is 42.0 cm³/mol. The van der Waals surface area contributed by atoms with Gasteiger partial charge in [-0.25, -0.2) is 5.11 Å². The summed E-state index contributed by atoms with van der Waals surface area (Å²) in [6.45, 7) is 0.375. The molecule has 0 spiro atoms. The standard InChI is InChI=1S/C8H14NO3/c10-5-1-4-9-7(6-11)2-3-8(9)12/h7,11H,1-6H2. The van der Waals surface area contributed by atoms with E-state index in [-0.39, 0.29) is 25.2 Å². The van der Waals surface area contributed by atoms with Gasteiger partial charge in [-0.3, -0.25) is 4.79 Å². The van der Waals surface area contributed by atoms with Gasteiger partial charge in [-0.05, 0) is 12.8 Å². The maximum absolute atomic E-state index is 11.2. The van der Waals surface area contributed by atoms with Crippen molar-refractivity contribution >= 4 is 5.91 Å². The van der Waals surface area contributed by atoms with Crippen molar-refractivity contribution in [3.63, 3.8) is 0 Å². The van der Waals surface area contributed by atoms with Gasteiger partial charge in [0, 0.05) is 13.0 Å². The van der Waals surface area contributed by atoms with Crippen LogP contribution in [0.3, 0.4) is 0 Å². The third-order valence-electron chi connectivity index (χ3n) is 2.21. The van der Waals surface area contributed by atoms with Crippen LogP contribution in [0.2, 0.25) is 0 Å². The molecule has 1 amide bonds. The molecule has 1 heterocycles. The van der Waals surface area contributed by atoms with Crippen molar-refractivity contribution in [3.8, 4) is 0 Å². The fraction of sp³-hybridized carbons (Fsp3) is 0.875. The molecule has 1 saturated heterocycles. The quantitative estimate of drug-likeness (QED) is 0.637. The predicted octanol–water partition coefficient (Wildman–Crippen LogP) is -0.210. The van der Waals surface area contributed by atoms with E-state index in [9.17, 15) is 9.90 Å². The molecule has 1 aliphatic heterocycles. The molecule has 4 heteroatoms. The van der Waals surface area contributed by atoms with E-state index in [4.69, 9.17) is 5.11 Å². The second-order valence-corrected chi connectivity index (χ2v) is 3.02. The molecular formula is C8H14NO3. The summed E-state index contributed by atoms with van der Waals surface area (Å²) >= 11 is 0. The van der Waals surface area contributed by atoms with Gasteiger partial charge in [0.25, 0.3) is 0 Å². The number of nitrogens with zero attached hydrogens (tertiary/aromatic N) is 1. The summed E-state index contributed by atoms with van der Waals surface area (Å²) in [7, 11) is 0. The van der Waals surface area contributed by atoms with Gasteiger partial charge in [0.1, 0.15) is 0 Å². The third-order valence-corrected chi connectivity index (χ3v) is 2.21. The number of aliphatic hydroxyl groups excluding tert-OH is 1. The number of aliphatic hydroxyl groups is 1. The van der Waals surface area contributed by atoms with Crippen molar-refractivity contribution in [1.29, 1.82) is 0 Å². The van der Waals surface area contributed by atoms with Gasteiger partial charge in [-0.1, -0.05) is 0 Å². The van der Waals surface area contributed by atoms with E-state index in [0.717, 1.165) is 6.42 Å². The molecule has 0 aromatic carbocycles. The van der Waals surface area contributed by atoms with Gasteiger partial charge in [0.2, 0.25) is 5.91 Å². The Morgan fingerprint density at radius 1 is 1.58 bits per heavy atom. The van der Waals surface area contributed by atoms with Gasteiger partial charge >= 0.3 is 0 Å². The summed E-state index contributed by atoms with van der Waals surface area (Å²) in [5, 5.41) is 19.1. The minimum absolute atomic E-state index is 0.0184. The smallest absolute Gasteiger partial charge is 0.222 e. The van der Waals surface area contributed by atoms with Crippen LogP contribution in [-0.4, -0.2) is 41.7 Å². The van der Waals surface area contributed by atoms with E-state index in [1.807, 2.05) is 0 Å². The molecule has 0 saturated carbocycles. The third kappa shape index (κ3) is 1.95. The second-order valence-electron chi connectivity index (χ2n) is 3.02. The first-order chi connectivity index (χ1) is 5.79. The summed E-state index contributed by atoms with van der Waals surface area (Å²) in [6.07, 6.45) is 1.74. The van der Waals surface area contributed by atoms with Crippen molar-refractivity contribution in [2.75, 3.05) is 19.8 Å². The Morgan fingerprint density at radius 3 is 2.92 bits per heavy atom. The Balaban J connectivity index is 2.40. The molecule has 0 aromatic heterocycles. The van der Waals surface area contributed by atoms with Crippen LogP contribution in [0.15, 0.2) is 0 Å². The Hall–Kier alpha value is -0.610. The SMILES string of the molecule is [O]CCCN1C(=O)CCC1CO. The molecule has 1 N–H and O–H groups in total. The monoisotopic (exact) mass is 172 g/mol. The molecule has 4 nitrogen and oxygen atoms in total. The molecular weight excluding hydrogens is 158 g/mol. The zero-order chi connectivity index (χ0) is 8.97. The van der Waals surface area contributed by atoms with Crippen LogP contribution in [0.25, 0.3) is 0 Å². The Morgan fingerprint density at radius 2 is 2.33 bits per heavy atom. The first-order valence-electron chi connectivity index (χ1n) is 4.28. The minimum atomic E-state index is -0.151. The zero-order valence-corrected chi connectivity index (χ0v) is 7.03. The Kier molecular flexibility index (Phi) is 3.49. The van der Waals surface area contributed by atoms with Crippen molar-refractivity contribution in [2.45, 2.75) is 25.3 Å². The largest absolute Gasteiger partial charge is 0.394 e. The lowest BCUT2D eigenvalue weighted by atomic mass is 10.2. The highest BCUT2D eigenvalue weighted by Gasteiger charge is 2.29. The number of rotatable bonds is 4. The number of hydrogen-bond donors (Lipinski definition) is 1. The lowest BCUT2D eigenvalue weighted by Crippen LogP contribution is -2.36. The van der Waals surface area contributed by atoms with Gasteiger partial charge < -0.3 is 10.0 Å². The van der Waals surface area contributed by atoms with Crippen molar-refractivity contribution in [3.05, 3.63) is 0 Å². The number of carbonyl (C=O) groups excluding carboxylic acids is 1. The van der Waals surface area contributed by atoms with Crippen LogP contribution in [0.1, 0.15) is 19.3 Å². The lowest BCUT2D eigenvalue weighted by Gasteiger charge is -2.22. The van der Waals surface area contributed by atoms with E-state index in [2.05, 4.69) is 0 Å². The molecule has 69 valence electrons. The van der Waals surface area contributed by atoms with Crippen molar-refractivity contribution in [2.24, 2.45) is 0 Å². The molecule has 1 aliphatic rings. The first kappa shape index (κ1) is 9.48. The van der Waals surface area contributed by atoms with Crippen LogP contribution < -0.4 is 0 Å². The topological polar surface area (TPSA) is 60.4 Å². The highest BCUT2D eigenvalue weighted by atomic mass is 16.3. The van der Waals surface area contributed by atoms with Gasteiger partial charge in [0.15, 0.2) is 0 Å². The van der Waals surface area contributed by atoms with Crippen molar-refractivity contribution in [1.82, 2.24) is 4.90 Å². The first-order valence-corrected chi connectivity index (χ1v) is 4.28. The number of carbonyl (C=O) groups is 1. The molecule has 0 aliphatic carbocycles. The van der Waals surface area contributed by atoms with Gasteiger partial charge in [0.05, 0.1) is 19.3 Å². The molecule has 0 aromatic rings. The molecule has 1 rings (SSSR count). The number of hydrogen-bond acceptors (Lipinski definition) is 2. The fourth-order valence-corrected chi connectivity index (χ4v) is 1.53. The van der Waals surface area contributed by atoms with E-state index in [0.29, 0.717) is 19.4 Å². The Labute approximate surface area is 71.8 Å². The zero-order valence-electron chi connectivity index (χ0n) is 7.03. The van der Waals surface area contributed by atoms with Crippen LogP contribution in [0.4, 0.5) is 0 Å².